The monoisotopic (exact) mass is 862 g/mol. The van der Waals surface area contributed by atoms with E-state index in [-0.39, 0.29) is 0 Å². The molecular formula is C64H38N4. The number of hydrogen-bond acceptors (Lipinski definition) is 2. The van der Waals surface area contributed by atoms with Crippen LogP contribution in [0.3, 0.4) is 0 Å². The Balaban J connectivity index is 0.984. The molecule has 0 fully saturated rings. The van der Waals surface area contributed by atoms with Gasteiger partial charge in [0.1, 0.15) is 0 Å². The molecule has 15 aromatic rings. The summed E-state index contributed by atoms with van der Waals surface area (Å²) in [5.74, 6) is 0.692. The average Bonchev–Trinajstić information content (AvgIpc) is 3.91. The van der Waals surface area contributed by atoms with E-state index >= 15 is 0 Å². The summed E-state index contributed by atoms with van der Waals surface area (Å²) in [5.41, 5.74) is 10.9. The first-order valence-electron chi connectivity index (χ1n) is 23.3. The summed E-state index contributed by atoms with van der Waals surface area (Å²) in [6, 6.07) is 84.0. The fraction of sp³-hybridized carbons (Fsp3) is 0. The highest BCUT2D eigenvalue weighted by atomic mass is 15.0. The molecule has 3 aromatic heterocycles. The standard InChI is InChI=1S/C64H38N4/c1-6-22-46-39(16-1)32-33-59-62(46)51-27-11-14-30-57(51)67(59)58-31-15-19-42-36-61-53(38-52(42)58)49-25-10-13-29-56(49)68(61)60-37-43(34-40-17-3-5-21-45(40)60)64-65-55-28-12-9-26-50(55)63(66-64)54-35-41-18-2-4-20-44(41)47-23-7-8-24-48(47)54/h1-38H. The van der Waals surface area contributed by atoms with Crippen molar-refractivity contribution in [2.24, 2.45) is 0 Å². The number of aromatic nitrogens is 4. The van der Waals surface area contributed by atoms with Crippen molar-refractivity contribution in [2.45, 2.75) is 0 Å². The van der Waals surface area contributed by atoms with Gasteiger partial charge in [0, 0.05) is 48.8 Å². The molecule has 0 aliphatic heterocycles. The van der Waals surface area contributed by atoms with Crippen molar-refractivity contribution in [3.63, 3.8) is 0 Å². The van der Waals surface area contributed by atoms with Gasteiger partial charge in [0.05, 0.1) is 44.7 Å². The molecule has 3 heterocycles. The van der Waals surface area contributed by atoms with E-state index in [1.807, 2.05) is 0 Å². The first kappa shape index (κ1) is 37.1. The van der Waals surface area contributed by atoms with Crippen molar-refractivity contribution in [3.8, 4) is 34.0 Å². The maximum absolute atomic E-state index is 5.56. The van der Waals surface area contributed by atoms with Crippen LogP contribution in [0.4, 0.5) is 0 Å². The van der Waals surface area contributed by atoms with Gasteiger partial charge in [-0.25, -0.2) is 9.97 Å². The zero-order valence-corrected chi connectivity index (χ0v) is 36.7. The van der Waals surface area contributed by atoms with Crippen LogP contribution in [-0.2, 0) is 0 Å². The van der Waals surface area contributed by atoms with Crippen molar-refractivity contribution in [1.29, 1.82) is 0 Å². The fourth-order valence-electron chi connectivity index (χ4n) is 11.4. The normalized spacial score (nSPS) is 12.1. The van der Waals surface area contributed by atoms with Crippen LogP contribution < -0.4 is 0 Å². The first-order valence-corrected chi connectivity index (χ1v) is 23.3. The van der Waals surface area contributed by atoms with Gasteiger partial charge in [-0.3, -0.25) is 0 Å². The van der Waals surface area contributed by atoms with Crippen LogP contribution in [0, 0.1) is 0 Å². The van der Waals surface area contributed by atoms with Gasteiger partial charge in [0.25, 0.3) is 0 Å². The number of fused-ring (bicyclic) bond motifs is 14. The van der Waals surface area contributed by atoms with E-state index in [0.29, 0.717) is 5.82 Å². The molecular weight excluding hydrogens is 825 g/mol. The number of rotatable bonds is 4. The summed E-state index contributed by atoms with van der Waals surface area (Å²) in [7, 11) is 0. The molecule has 0 saturated heterocycles. The van der Waals surface area contributed by atoms with Crippen molar-refractivity contribution in [1.82, 2.24) is 19.1 Å². The molecule has 15 rings (SSSR count). The number of benzene rings is 12. The van der Waals surface area contributed by atoms with E-state index in [4.69, 9.17) is 9.97 Å². The smallest absolute Gasteiger partial charge is 0.160 e. The molecule has 0 atom stereocenters. The summed E-state index contributed by atoms with van der Waals surface area (Å²) in [6.45, 7) is 0. The fourth-order valence-corrected chi connectivity index (χ4v) is 11.4. The Bertz CT molecular complexity index is 4630. The minimum Gasteiger partial charge on any atom is -0.309 e. The number of para-hydroxylation sites is 3. The molecule has 314 valence electrons. The van der Waals surface area contributed by atoms with E-state index in [0.717, 1.165) is 55.2 Å². The van der Waals surface area contributed by atoms with Gasteiger partial charge in [-0.05, 0) is 104 Å². The Morgan fingerprint density at radius 1 is 0.279 bits per heavy atom. The lowest BCUT2D eigenvalue weighted by atomic mass is 9.94. The zero-order valence-electron chi connectivity index (χ0n) is 36.7. The Morgan fingerprint density at radius 2 is 0.868 bits per heavy atom. The molecule has 0 saturated carbocycles. The highest BCUT2D eigenvalue weighted by molar-refractivity contribution is 6.23. The van der Waals surface area contributed by atoms with Gasteiger partial charge >= 0.3 is 0 Å². The highest BCUT2D eigenvalue weighted by Gasteiger charge is 2.22. The lowest BCUT2D eigenvalue weighted by Gasteiger charge is -2.16. The largest absolute Gasteiger partial charge is 0.309 e. The molecule has 0 radical (unpaired) electrons. The summed E-state index contributed by atoms with van der Waals surface area (Å²) in [4.78, 5) is 10.9. The molecule has 0 N–H and O–H groups in total. The lowest BCUT2D eigenvalue weighted by molar-refractivity contribution is 1.19. The molecule has 0 unspecified atom stereocenters. The summed E-state index contributed by atoms with van der Waals surface area (Å²) >= 11 is 0. The van der Waals surface area contributed by atoms with Crippen LogP contribution in [0.5, 0.6) is 0 Å². The summed E-state index contributed by atoms with van der Waals surface area (Å²) in [6.07, 6.45) is 0. The molecule has 4 heteroatoms. The van der Waals surface area contributed by atoms with Crippen LogP contribution in [0.2, 0.25) is 0 Å². The van der Waals surface area contributed by atoms with Crippen LogP contribution in [0.25, 0.3) is 142 Å². The predicted molar refractivity (Wildman–Crippen MR) is 287 cm³/mol. The quantitative estimate of drug-likeness (QED) is 0.165. The summed E-state index contributed by atoms with van der Waals surface area (Å²) < 4.78 is 4.94. The number of hydrogen-bond donors (Lipinski definition) is 0. The third-order valence-corrected chi connectivity index (χ3v) is 14.4. The third-order valence-electron chi connectivity index (χ3n) is 14.4. The van der Waals surface area contributed by atoms with E-state index in [1.54, 1.807) is 0 Å². The van der Waals surface area contributed by atoms with Gasteiger partial charge < -0.3 is 9.13 Å². The van der Waals surface area contributed by atoms with Gasteiger partial charge in [-0.2, -0.15) is 0 Å². The Kier molecular flexibility index (Phi) is 7.75. The SMILES string of the molecule is c1ccc2c(-n3c4ccccc4c4cc5c(-n6c7ccccc7c7c8ccccc8ccc76)cccc5cc43)cc(-c3nc(-c4cc5ccccc5c5ccccc45)c4ccccc4n3)cc2c1. The van der Waals surface area contributed by atoms with Gasteiger partial charge in [0.2, 0.25) is 0 Å². The molecule has 0 amide bonds. The minimum absolute atomic E-state index is 0.692. The van der Waals surface area contributed by atoms with Crippen LogP contribution in [0.15, 0.2) is 231 Å². The molecule has 0 aliphatic carbocycles. The van der Waals surface area contributed by atoms with E-state index < -0.39 is 0 Å². The van der Waals surface area contributed by atoms with Gasteiger partial charge in [0.15, 0.2) is 5.82 Å². The summed E-state index contributed by atoms with van der Waals surface area (Å²) in [5, 5.41) is 18.0. The molecule has 0 bridgehead atoms. The zero-order chi connectivity index (χ0) is 44.5. The van der Waals surface area contributed by atoms with Crippen molar-refractivity contribution in [2.75, 3.05) is 0 Å². The molecule has 0 aliphatic rings. The molecule has 12 aromatic carbocycles. The highest BCUT2D eigenvalue weighted by Crippen LogP contribution is 2.43. The lowest BCUT2D eigenvalue weighted by Crippen LogP contribution is -2.00. The van der Waals surface area contributed by atoms with Crippen LogP contribution >= 0.6 is 0 Å². The second-order valence-electron chi connectivity index (χ2n) is 18.1. The van der Waals surface area contributed by atoms with E-state index in [1.165, 1.54) is 81.4 Å². The second kappa shape index (κ2) is 14.2. The van der Waals surface area contributed by atoms with Gasteiger partial charge in [-0.15, -0.1) is 0 Å². The van der Waals surface area contributed by atoms with Crippen LogP contribution in [-0.4, -0.2) is 19.1 Å². The predicted octanol–water partition coefficient (Wildman–Crippen LogP) is 16.9. The van der Waals surface area contributed by atoms with E-state index in [9.17, 15) is 0 Å². The maximum atomic E-state index is 5.56. The molecule has 4 nitrogen and oxygen atoms in total. The average molecular weight is 863 g/mol. The molecule has 0 spiro atoms. The van der Waals surface area contributed by atoms with E-state index in [2.05, 4.69) is 240 Å². The van der Waals surface area contributed by atoms with Crippen molar-refractivity contribution < 1.29 is 0 Å². The van der Waals surface area contributed by atoms with Crippen molar-refractivity contribution in [3.05, 3.63) is 231 Å². The molecule has 68 heavy (non-hydrogen) atoms. The Morgan fingerprint density at radius 3 is 1.69 bits per heavy atom. The first-order chi connectivity index (χ1) is 33.7. The second-order valence-corrected chi connectivity index (χ2v) is 18.1. The van der Waals surface area contributed by atoms with Crippen molar-refractivity contribution >= 4 is 108 Å². The minimum atomic E-state index is 0.692. The Hall–Kier alpha value is -9.12. The van der Waals surface area contributed by atoms with Crippen LogP contribution in [0.1, 0.15) is 0 Å². The topological polar surface area (TPSA) is 35.6 Å². The van der Waals surface area contributed by atoms with Gasteiger partial charge in [-0.1, -0.05) is 170 Å². The third kappa shape index (κ3) is 5.31. The Labute approximate surface area is 390 Å². The number of nitrogens with zero attached hydrogens (tertiary/aromatic N) is 4. The maximum Gasteiger partial charge on any atom is 0.160 e.